The van der Waals surface area contributed by atoms with E-state index in [1.165, 1.54) is 6.42 Å². The molecule has 2 rings (SSSR count). The van der Waals surface area contributed by atoms with E-state index in [0.29, 0.717) is 0 Å². The molecule has 1 heterocycles. The third kappa shape index (κ3) is 2.99. The standard InChI is InChI=1S/C15H27N3O2/c1-5-9-16-12(10-15(20-4)7-6-8-15)14-13(19-3)11-17-18(14)2/h11-12,16H,5-10H2,1-4H3. The molecule has 20 heavy (non-hydrogen) atoms. The van der Waals surface area contributed by atoms with Crippen molar-refractivity contribution >= 4 is 0 Å². The quantitative estimate of drug-likeness (QED) is 0.795. The van der Waals surface area contributed by atoms with E-state index >= 15 is 0 Å². The lowest BCUT2D eigenvalue weighted by atomic mass is 9.75. The molecule has 1 N–H and O–H groups in total. The summed E-state index contributed by atoms with van der Waals surface area (Å²) in [5.41, 5.74) is 1.14. The number of hydrogen-bond donors (Lipinski definition) is 1. The highest BCUT2D eigenvalue weighted by atomic mass is 16.5. The van der Waals surface area contributed by atoms with Crippen LogP contribution in [0.3, 0.4) is 0 Å². The fourth-order valence-electron chi connectivity index (χ4n) is 3.00. The SMILES string of the molecule is CCCNC(CC1(OC)CCC1)c1c(OC)cnn1C. The zero-order chi connectivity index (χ0) is 14.6. The molecule has 5 heteroatoms. The fraction of sp³-hybridized carbons (Fsp3) is 0.800. The van der Waals surface area contributed by atoms with Crippen LogP contribution in [0.4, 0.5) is 0 Å². The van der Waals surface area contributed by atoms with Gasteiger partial charge < -0.3 is 14.8 Å². The first-order chi connectivity index (χ1) is 9.65. The lowest BCUT2D eigenvalue weighted by Gasteiger charge is -2.43. The Kier molecular flexibility index (Phi) is 5.05. The van der Waals surface area contributed by atoms with Gasteiger partial charge in [0.2, 0.25) is 0 Å². The molecule has 1 atom stereocenters. The van der Waals surface area contributed by atoms with Gasteiger partial charge in [-0.05, 0) is 38.6 Å². The Hall–Kier alpha value is -1.07. The van der Waals surface area contributed by atoms with Crippen LogP contribution in [-0.4, -0.2) is 36.1 Å². The molecule has 1 saturated carbocycles. The van der Waals surface area contributed by atoms with Gasteiger partial charge in [0.05, 0.1) is 30.6 Å². The Bertz CT molecular complexity index is 421. The van der Waals surface area contributed by atoms with Gasteiger partial charge in [-0.2, -0.15) is 5.10 Å². The molecular formula is C15H27N3O2. The lowest BCUT2D eigenvalue weighted by Crippen LogP contribution is -2.43. The number of methoxy groups -OCH3 is 2. The largest absolute Gasteiger partial charge is 0.493 e. The van der Waals surface area contributed by atoms with Gasteiger partial charge in [-0.25, -0.2) is 0 Å². The molecule has 1 aliphatic rings. The topological polar surface area (TPSA) is 48.3 Å². The van der Waals surface area contributed by atoms with Crippen molar-refractivity contribution in [1.29, 1.82) is 0 Å². The molecule has 1 unspecified atom stereocenters. The van der Waals surface area contributed by atoms with Crippen molar-refractivity contribution in [3.63, 3.8) is 0 Å². The van der Waals surface area contributed by atoms with Crippen molar-refractivity contribution in [2.24, 2.45) is 7.05 Å². The summed E-state index contributed by atoms with van der Waals surface area (Å²) in [5, 5.41) is 7.95. The van der Waals surface area contributed by atoms with Gasteiger partial charge >= 0.3 is 0 Å². The van der Waals surface area contributed by atoms with E-state index in [1.54, 1.807) is 13.3 Å². The van der Waals surface area contributed by atoms with E-state index in [1.807, 2.05) is 18.8 Å². The summed E-state index contributed by atoms with van der Waals surface area (Å²) < 4.78 is 13.2. The van der Waals surface area contributed by atoms with Crippen LogP contribution >= 0.6 is 0 Å². The molecule has 0 aliphatic heterocycles. The highest BCUT2D eigenvalue weighted by molar-refractivity contribution is 5.28. The highest BCUT2D eigenvalue weighted by Gasteiger charge is 2.40. The van der Waals surface area contributed by atoms with Gasteiger partial charge in [0, 0.05) is 14.2 Å². The smallest absolute Gasteiger partial charge is 0.161 e. The van der Waals surface area contributed by atoms with Gasteiger partial charge in [0.25, 0.3) is 0 Å². The summed E-state index contributed by atoms with van der Waals surface area (Å²) in [5.74, 6) is 0.853. The molecule has 0 radical (unpaired) electrons. The molecule has 1 aliphatic carbocycles. The van der Waals surface area contributed by atoms with Crippen LogP contribution < -0.4 is 10.1 Å². The second kappa shape index (κ2) is 6.59. The molecule has 0 spiro atoms. The molecule has 1 fully saturated rings. The van der Waals surface area contributed by atoms with Gasteiger partial charge in [-0.3, -0.25) is 4.68 Å². The summed E-state index contributed by atoms with van der Waals surface area (Å²) in [6.45, 7) is 3.17. The van der Waals surface area contributed by atoms with Crippen LogP contribution in [0.1, 0.15) is 50.8 Å². The minimum Gasteiger partial charge on any atom is -0.493 e. The molecule has 0 amide bonds. The minimum absolute atomic E-state index is 0.0285. The summed E-state index contributed by atoms with van der Waals surface area (Å²) in [6, 6.07) is 0.220. The molecular weight excluding hydrogens is 254 g/mol. The summed E-state index contributed by atoms with van der Waals surface area (Å²) in [6.07, 6.45) is 7.42. The molecule has 1 aromatic heterocycles. The molecule has 0 aromatic carbocycles. The van der Waals surface area contributed by atoms with Crippen molar-refractivity contribution in [2.75, 3.05) is 20.8 Å². The summed E-state index contributed by atoms with van der Waals surface area (Å²) in [4.78, 5) is 0. The maximum absolute atomic E-state index is 5.79. The zero-order valence-corrected chi connectivity index (χ0v) is 13.1. The highest BCUT2D eigenvalue weighted by Crippen LogP contribution is 2.43. The van der Waals surface area contributed by atoms with Crippen LogP contribution in [0.15, 0.2) is 6.20 Å². The lowest BCUT2D eigenvalue weighted by molar-refractivity contribution is -0.0843. The number of nitrogens with one attached hydrogen (secondary N) is 1. The van der Waals surface area contributed by atoms with E-state index in [4.69, 9.17) is 9.47 Å². The maximum atomic E-state index is 5.79. The Labute approximate surface area is 121 Å². The van der Waals surface area contributed by atoms with E-state index in [-0.39, 0.29) is 11.6 Å². The van der Waals surface area contributed by atoms with Crippen molar-refractivity contribution in [3.8, 4) is 5.75 Å². The molecule has 5 nitrogen and oxygen atoms in total. The predicted octanol–water partition coefficient (Wildman–Crippen LogP) is 2.43. The number of nitrogens with zero attached hydrogens (tertiary/aromatic N) is 2. The van der Waals surface area contributed by atoms with Crippen molar-refractivity contribution < 1.29 is 9.47 Å². The molecule has 0 bridgehead atoms. The monoisotopic (exact) mass is 281 g/mol. The third-order valence-corrected chi connectivity index (χ3v) is 4.41. The van der Waals surface area contributed by atoms with Gasteiger partial charge in [-0.15, -0.1) is 0 Å². The van der Waals surface area contributed by atoms with Crippen LogP contribution in [0.5, 0.6) is 5.75 Å². The average molecular weight is 281 g/mol. The molecule has 1 aromatic rings. The normalized spacial score (nSPS) is 18.6. The van der Waals surface area contributed by atoms with Crippen molar-refractivity contribution in [3.05, 3.63) is 11.9 Å². The summed E-state index contributed by atoms with van der Waals surface area (Å²) in [7, 11) is 5.50. The molecule has 0 saturated heterocycles. The number of rotatable bonds is 8. The van der Waals surface area contributed by atoms with Gasteiger partial charge in [0.15, 0.2) is 5.75 Å². The van der Waals surface area contributed by atoms with Crippen LogP contribution in [0.25, 0.3) is 0 Å². The second-order valence-electron chi connectivity index (χ2n) is 5.67. The Morgan fingerprint density at radius 3 is 2.70 bits per heavy atom. The zero-order valence-electron chi connectivity index (χ0n) is 13.1. The van der Waals surface area contributed by atoms with Crippen LogP contribution in [0.2, 0.25) is 0 Å². The van der Waals surface area contributed by atoms with E-state index in [9.17, 15) is 0 Å². The van der Waals surface area contributed by atoms with E-state index in [2.05, 4.69) is 17.3 Å². The fourth-order valence-corrected chi connectivity index (χ4v) is 3.00. The van der Waals surface area contributed by atoms with Crippen molar-refractivity contribution in [2.45, 2.75) is 50.7 Å². The number of aromatic nitrogens is 2. The van der Waals surface area contributed by atoms with Crippen molar-refractivity contribution in [1.82, 2.24) is 15.1 Å². The third-order valence-electron chi connectivity index (χ3n) is 4.41. The second-order valence-corrected chi connectivity index (χ2v) is 5.67. The van der Waals surface area contributed by atoms with Crippen LogP contribution in [0, 0.1) is 0 Å². The Balaban J connectivity index is 2.20. The molecule has 114 valence electrons. The first-order valence-corrected chi connectivity index (χ1v) is 7.50. The first kappa shape index (κ1) is 15.3. The van der Waals surface area contributed by atoms with E-state index < -0.39 is 0 Å². The average Bonchev–Trinajstić information content (AvgIpc) is 2.79. The van der Waals surface area contributed by atoms with Crippen LogP contribution in [-0.2, 0) is 11.8 Å². The Morgan fingerprint density at radius 2 is 2.20 bits per heavy atom. The van der Waals surface area contributed by atoms with E-state index in [0.717, 1.165) is 43.7 Å². The van der Waals surface area contributed by atoms with Gasteiger partial charge in [0.1, 0.15) is 0 Å². The first-order valence-electron chi connectivity index (χ1n) is 7.50. The summed E-state index contributed by atoms with van der Waals surface area (Å²) >= 11 is 0. The minimum atomic E-state index is 0.0285. The number of hydrogen-bond acceptors (Lipinski definition) is 4. The maximum Gasteiger partial charge on any atom is 0.161 e. The number of ether oxygens (including phenoxy) is 2. The van der Waals surface area contributed by atoms with Gasteiger partial charge in [-0.1, -0.05) is 6.92 Å². The number of aryl methyl sites for hydroxylation is 1. The Morgan fingerprint density at radius 1 is 1.45 bits per heavy atom. The predicted molar refractivity (Wildman–Crippen MR) is 79.0 cm³/mol.